The summed E-state index contributed by atoms with van der Waals surface area (Å²) < 4.78 is 11.9. The molecule has 94 heavy (non-hydrogen) atoms. The quantitative estimate of drug-likeness (QED) is 0.0847. The number of hydrogen-bond donors (Lipinski definition) is 2. The van der Waals surface area contributed by atoms with E-state index in [9.17, 15) is 38.4 Å². The first-order valence-corrected chi connectivity index (χ1v) is 35.1. The van der Waals surface area contributed by atoms with Gasteiger partial charge in [0.05, 0.1) is 37.4 Å². The Bertz CT molecular complexity index is 2580. The van der Waals surface area contributed by atoms with Gasteiger partial charge in [0.2, 0.25) is 42.0 Å². The third kappa shape index (κ3) is 23.8. The van der Waals surface area contributed by atoms with Crippen LogP contribution in [-0.2, 0) is 67.1 Å². The fraction of sp³-hybridized carbons (Fsp3) is 0.831. The van der Waals surface area contributed by atoms with E-state index in [0.717, 1.165) is 31.1 Å². The molecular weight excluding hydrogens is 1200 g/mol. The summed E-state index contributed by atoms with van der Waals surface area (Å²) in [7, 11) is 5.97. The monoisotopic (exact) mass is 1320 g/mol. The number of ketones is 4. The molecule has 3 aliphatic rings. The number of unbranched alkanes of at least 4 members (excludes halogenated alkanes) is 2. The van der Waals surface area contributed by atoms with E-state index in [-0.39, 0.29) is 81.6 Å². The molecule has 23 nitrogen and oxygen atoms in total. The van der Waals surface area contributed by atoms with E-state index < -0.39 is 154 Å². The van der Waals surface area contributed by atoms with E-state index in [1.54, 1.807) is 55.4 Å². The molecule has 0 aromatic carbocycles. The Kier molecular flexibility index (Phi) is 34.7. The van der Waals surface area contributed by atoms with Gasteiger partial charge in [-0.15, -0.1) is 0 Å². The van der Waals surface area contributed by atoms with Crippen LogP contribution < -0.4 is 10.6 Å². The Morgan fingerprint density at radius 1 is 0.564 bits per heavy atom. The minimum atomic E-state index is -1.26. The summed E-state index contributed by atoms with van der Waals surface area (Å²) in [5, 5.41) is 6.64. The minimum absolute atomic E-state index is 0.0840. The van der Waals surface area contributed by atoms with Crippen LogP contribution in [0.5, 0.6) is 0 Å². The lowest BCUT2D eigenvalue weighted by atomic mass is 9.85. The molecule has 0 spiro atoms. The first-order chi connectivity index (χ1) is 44.0. The predicted molar refractivity (Wildman–Crippen MR) is 360 cm³/mol. The van der Waals surface area contributed by atoms with Gasteiger partial charge >= 0.3 is 0 Å². The second-order valence-corrected chi connectivity index (χ2v) is 29.4. The van der Waals surface area contributed by atoms with E-state index in [0.29, 0.717) is 45.4 Å². The number of ether oxygens (including phenoxy) is 2. The number of carbonyl (C=O) groups excluding carboxylic acids is 11. The molecule has 3 rings (SSSR count). The van der Waals surface area contributed by atoms with Crippen molar-refractivity contribution in [2.75, 3.05) is 74.2 Å². The molecule has 23 heteroatoms. The third-order valence-corrected chi connectivity index (χ3v) is 19.2. The standard InChI is InChI=1S/C71H121N9O14/c1-22-54-57(81)39-49(14)67(87)78(21)62(51(16)93-32-26-25-29-79-30-33-92-34-31-79)60(84)41-53(45(8)9)70(90)76(19)55(36-43(4)5)58(82)38-48(13)65(85)73-50(15)68(88)75(18)56(37-44(6)7)59(83)40-52(35-42(2)3)69(89)77(20)61(46(10)11)71(91)80-63(66(86)74-54)64(94-80)47(12)27-23-24-28-72-17/h42-56,61-64H,22-41H2,1-16,18-21H3,(H,73,85)(H,74,86)/t47-,48-,49+,50-,51-,52-,53+,54+,55+,56+,61+,62+,63+,64-/m1/s1. The molecule has 0 unspecified atom stereocenters. The summed E-state index contributed by atoms with van der Waals surface area (Å²) in [6, 6.07) is -7.99. The first kappa shape index (κ1) is 82.5. The number of Topliss-reactive ketones (excluding diaryl/α,β-unsaturated/α-hetero) is 4. The molecule has 0 bridgehead atoms. The van der Waals surface area contributed by atoms with E-state index in [1.807, 2.05) is 48.5 Å². The van der Waals surface area contributed by atoms with Gasteiger partial charge in [-0.25, -0.2) is 11.6 Å². The Labute approximate surface area is 563 Å². The lowest BCUT2D eigenvalue weighted by molar-refractivity contribution is -0.322. The van der Waals surface area contributed by atoms with E-state index >= 15 is 14.4 Å². The molecule has 3 fully saturated rings. The number of morpholine rings is 1. The Morgan fingerprint density at radius 2 is 1.12 bits per heavy atom. The van der Waals surface area contributed by atoms with Crippen LogP contribution in [0, 0.1) is 65.8 Å². The smallest absolute Gasteiger partial charge is 0.270 e. The molecule has 7 amide bonds. The number of amides is 7. The van der Waals surface area contributed by atoms with Gasteiger partial charge in [-0.3, -0.25) is 62.5 Å². The highest BCUT2D eigenvalue weighted by atomic mass is 16.7. The number of nitrogens with zero attached hydrogens (tertiary/aromatic N) is 7. The van der Waals surface area contributed by atoms with Crippen molar-refractivity contribution in [2.24, 2.45) is 59.2 Å². The maximum Gasteiger partial charge on any atom is 0.270 e. The summed E-state index contributed by atoms with van der Waals surface area (Å²) in [5.74, 6) is -11.3. The lowest BCUT2D eigenvalue weighted by Crippen LogP contribution is -2.71. The fourth-order valence-electron chi connectivity index (χ4n) is 13.5. The van der Waals surface area contributed by atoms with Crippen LogP contribution in [0.4, 0.5) is 0 Å². The number of carbonyl (C=O) groups is 11. The molecule has 0 aliphatic carbocycles. The molecule has 534 valence electrons. The zero-order chi connectivity index (χ0) is 71.2. The van der Waals surface area contributed by atoms with Gasteiger partial charge in [-0.2, -0.15) is 0 Å². The Balaban J connectivity index is 2.24. The van der Waals surface area contributed by atoms with Crippen molar-refractivity contribution in [3.8, 4) is 0 Å². The second kappa shape index (κ2) is 39.5. The maximum absolute atomic E-state index is 15.1. The minimum Gasteiger partial charge on any atom is -0.379 e. The summed E-state index contributed by atoms with van der Waals surface area (Å²) >= 11 is 0. The van der Waals surface area contributed by atoms with Gasteiger partial charge in [0.15, 0.2) is 29.2 Å². The van der Waals surface area contributed by atoms with Crippen molar-refractivity contribution in [3.05, 3.63) is 11.4 Å². The van der Waals surface area contributed by atoms with Crippen molar-refractivity contribution >= 4 is 64.5 Å². The molecule has 2 N–H and O–H groups in total. The highest BCUT2D eigenvalue weighted by Crippen LogP contribution is 2.35. The molecule has 0 saturated carbocycles. The molecule has 0 aromatic rings. The summed E-state index contributed by atoms with van der Waals surface area (Å²) in [4.78, 5) is 180. The molecular formula is C71H121N9O14. The van der Waals surface area contributed by atoms with Crippen LogP contribution in [0.3, 0.4) is 0 Å². The molecule has 3 aliphatic heterocycles. The number of rotatable bonds is 21. The SMILES string of the molecule is [C-]#[N+]CCCC[C@@H](C)[C@H]1ON2C(=O)[C@H](C(C)C)N(C)C(=O)[C@H](CC(C)C)CC(=O)[C@H](CC(C)C)N(C)C(=O)[C@@H](C)NC(=O)[C@H](C)CC(=O)[C@H](CC(C)C)N(C)C(=O)[C@H](C(C)C)CC(=O)[C@H]([C@@H](C)OCCCCN3CCOCC3)N(C)C(=O)[C@@H](C)CC(=O)[C@H](CC)NC(=O)[C@H]12. The zero-order valence-electron chi connectivity index (χ0n) is 61.0. The molecule has 3 saturated heterocycles. The fourth-order valence-corrected chi connectivity index (χ4v) is 13.5. The summed E-state index contributed by atoms with van der Waals surface area (Å²) in [6.45, 7) is 40.2. The van der Waals surface area contributed by atoms with Crippen LogP contribution in [0.15, 0.2) is 0 Å². The topological polar surface area (TPSA) is 263 Å². The van der Waals surface area contributed by atoms with Crippen LogP contribution in [0.25, 0.3) is 4.85 Å². The Morgan fingerprint density at radius 3 is 1.66 bits per heavy atom. The highest BCUT2D eigenvalue weighted by Gasteiger charge is 2.54. The average Bonchev–Trinajstić information content (AvgIpc) is 0.755. The van der Waals surface area contributed by atoms with Crippen molar-refractivity contribution in [1.82, 2.24) is 40.2 Å². The third-order valence-electron chi connectivity index (χ3n) is 19.2. The van der Waals surface area contributed by atoms with E-state index in [1.165, 1.54) is 54.7 Å². The van der Waals surface area contributed by atoms with Crippen molar-refractivity contribution in [2.45, 2.75) is 249 Å². The molecule has 3 heterocycles. The van der Waals surface area contributed by atoms with Gasteiger partial charge in [-0.05, 0) is 107 Å². The van der Waals surface area contributed by atoms with Crippen molar-refractivity contribution < 1.29 is 67.1 Å². The van der Waals surface area contributed by atoms with Gasteiger partial charge in [-0.1, -0.05) is 96.9 Å². The predicted octanol–water partition coefficient (Wildman–Crippen LogP) is 7.25. The maximum atomic E-state index is 15.1. The van der Waals surface area contributed by atoms with Gasteiger partial charge in [0.1, 0.15) is 24.2 Å². The van der Waals surface area contributed by atoms with Crippen LogP contribution in [-0.4, -0.2) is 223 Å². The molecule has 0 radical (unpaired) electrons. The largest absolute Gasteiger partial charge is 0.379 e. The van der Waals surface area contributed by atoms with Gasteiger partial charge in [0, 0.05) is 104 Å². The van der Waals surface area contributed by atoms with Crippen molar-refractivity contribution in [3.63, 3.8) is 0 Å². The number of fused-ring (bicyclic) bond motifs is 1. The number of likely N-dealkylation sites (N-methyl/N-ethyl adjacent to an activating group) is 4. The zero-order valence-corrected chi connectivity index (χ0v) is 61.0. The molecule has 0 aromatic heterocycles. The number of hydrogen-bond acceptors (Lipinski definition) is 15. The number of hydroxylamine groups is 2. The van der Waals surface area contributed by atoms with Crippen LogP contribution in [0.2, 0.25) is 0 Å². The summed E-state index contributed by atoms with van der Waals surface area (Å²) in [6.07, 6.45) is 1.11. The van der Waals surface area contributed by atoms with E-state index in [2.05, 4.69) is 20.4 Å². The van der Waals surface area contributed by atoms with Crippen molar-refractivity contribution in [1.29, 1.82) is 0 Å². The average molecular weight is 1320 g/mol. The summed E-state index contributed by atoms with van der Waals surface area (Å²) in [5.41, 5.74) is 0. The second-order valence-electron chi connectivity index (χ2n) is 29.4. The van der Waals surface area contributed by atoms with Crippen LogP contribution in [0.1, 0.15) is 194 Å². The Hall–Kier alpha value is -5.70. The first-order valence-electron chi connectivity index (χ1n) is 35.1. The van der Waals surface area contributed by atoms with Crippen LogP contribution >= 0.6 is 0 Å². The highest BCUT2D eigenvalue weighted by molar-refractivity contribution is 6.00. The van der Waals surface area contributed by atoms with Gasteiger partial charge < -0.3 is 44.6 Å². The van der Waals surface area contributed by atoms with E-state index in [4.69, 9.17) is 20.9 Å². The lowest BCUT2D eigenvalue weighted by Gasteiger charge is -2.50. The molecule has 14 atom stereocenters. The normalized spacial score (nSPS) is 28.6. The number of nitrogens with one attached hydrogen (secondary N) is 2. The van der Waals surface area contributed by atoms with Gasteiger partial charge in [0.25, 0.3) is 5.91 Å².